The zero-order chi connectivity index (χ0) is 19.4. The molecule has 0 radical (unpaired) electrons. The molecule has 0 unspecified atom stereocenters. The molecular formula is C20H22N6O. The fourth-order valence-corrected chi connectivity index (χ4v) is 2.71. The molecule has 0 aliphatic carbocycles. The summed E-state index contributed by atoms with van der Waals surface area (Å²) in [6, 6.07) is 14.8. The van der Waals surface area contributed by atoms with Crippen LogP contribution < -0.4 is 11.6 Å². The Morgan fingerprint density at radius 3 is 2.67 bits per heavy atom. The number of benzene rings is 1. The number of aliphatic hydroxyl groups is 1. The Morgan fingerprint density at radius 2 is 1.93 bits per heavy atom. The van der Waals surface area contributed by atoms with Gasteiger partial charge >= 0.3 is 0 Å². The molecule has 0 fully saturated rings. The number of hydrogen-bond donors (Lipinski definition) is 3. The van der Waals surface area contributed by atoms with Crippen LogP contribution in [0.4, 0.5) is 5.82 Å². The van der Waals surface area contributed by atoms with Gasteiger partial charge in [0.05, 0.1) is 23.4 Å². The predicted octanol–water partition coefficient (Wildman–Crippen LogP) is 2.37. The van der Waals surface area contributed by atoms with E-state index in [1.165, 1.54) is 0 Å². The summed E-state index contributed by atoms with van der Waals surface area (Å²) in [5, 5.41) is 14.8. The first-order valence-corrected chi connectivity index (χ1v) is 8.50. The smallest absolute Gasteiger partial charge is 0.124 e. The predicted molar refractivity (Wildman–Crippen MR) is 109 cm³/mol. The van der Waals surface area contributed by atoms with Crippen molar-refractivity contribution in [2.45, 2.75) is 26.0 Å². The molecule has 7 heteroatoms. The summed E-state index contributed by atoms with van der Waals surface area (Å²) >= 11 is 0. The fraction of sp³-hybridized carbons (Fsp3) is 0.200. The molecule has 2 aromatic heterocycles. The minimum atomic E-state index is -1.00. The van der Waals surface area contributed by atoms with Crippen molar-refractivity contribution in [1.82, 2.24) is 9.97 Å². The number of rotatable bonds is 5. The summed E-state index contributed by atoms with van der Waals surface area (Å²) in [6.07, 6.45) is 1.60. The van der Waals surface area contributed by atoms with Crippen molar-refractivity contribution in [1.29, 1.82) is 0 Å². The standard InChI is InChI=1S/C20H22N6O/c1-20(2,27)18-9-5-6-13(24-18)11-23-12-17(26-22)15-10-19(21)25-16-8-4-3-7-14(15)16/h3-10,12,27H,11,22H2,1-2H3,(H2,21,25)/b23-12?,26-17+. The van der Waals surface area contributed by atoms with E-state index < -0.39 is 5.60 Å². The average molecular weight is 362 g/mol. The van der Waals surface area contributed by atoms with Crippen LogP contribution in [0.1, 0.15) is 30.8 Å². The van der Waals surface area contributed by atoms with Gasteiger partial charge < -0.3 is 16.7 Å². The van der Waals surface area contributed by atoms with Crippen LogP contribution in [-0.4, -0.2) is 27.0 Å². The SMILES string of the molecule is CC(C)(O)c1cccc(CN=C/C(=N\N)c2cc(N)nc3ccccc23)n1. The highest BCUT2D eigenvalue weighted by Crippen LogP contribution is 2.20. The first-order valence-electron chi connectivity index (χ1n) is 8.50. The van der Waals surface area contributed by atoms with Gasteiger partial charge in [-0.25, -0.2) is 4.98 Å². The van der Waals surface area contributed by atoms with Gasteiger partial charge in [-0.1, -0.05) is 24.3 Å². The highest BCUT2D eigenvalue weighted by Gasteiger charge is 2.17. The summed E-state index contributed by atoms with van der Waals surface area (Å²) in [7, 11) is 0. The van der Waals surface area contributed by atoms with E-state index in [0.717, 1.165) is 22.2 Å². The summed E-state index contributed by atoms with van der Waals surface area (Å²) in [5.74, 6) is 5.98. The number of hydrogen-bond acceptors (Lipinski definition) is 7. The van der Waals surface area contributed by atoms with Crippen LogP contribution in [0.15, 0.2) is 58.6 Å². The molecule has 7 nitrogen and oxygen atoms in total. The van der Waals surface area contributed by atoms with Crippen molar-refractivity contribution in [3.05, 3.63) is 65.5 Å². The Labute approximate surface area is 157 Å². The van der Waals surface area contributed by atoms with E-state index in [2.05, 4.69) is 20.1 Å². The molecule has 27 heavy (non-hydrogen) atoms. The van der Waals surface area contributed by atoms with Crippen molar-refractivity contribution in [2.24, 2.45) is 15.9 Å². The van der Waals surface area contributed by atoms with E-state index in [0.29, 0.717) is 23.8 Å². The molecule has 3 aromatic rings. The monoisotopic (exact) mass is 362 g/mol. The third-order valence-corrected chi connectivity index (χ3v) is 4.05. The average Bonchev–Trinajstić information content (AvgIpc) is 2.64. The number of para-hydroxylation sites is 1. The molecule has 1 aromatic carbocycles. The Morgan fingerprint density at radius 1 is 1.15 bits per heavy atom. The highest BCUT2D eigenvalue weighted by molar-refractivity contribution is 6.40. The number of nitrogens with two attached hydrogens (primary N) is 2. The van der Waals surface area contributed by atoms with E-state index in [1.54, 1.807) is 32.2 Å². The first kappa shape index (κ1) is 18.5. The van der Waals surface area contributed by atoms with Gasteiger partial charge in [-0.3, -0.25) is 9.98 Å². The van der Waals surface area contributed by atoms with Gasteiger partial charge in [0.25, 0.3) is 0 Å². The zero-order valence-electron chi connectivity index (χ0n) is 15.3. The van der Waals surface area contributed by atoms with Gasteiger partial charge in [0.1, 0.15) is 17.1 Å². The largest absolute Gasteiger partial charge is 0.384 e. The molecule has 0 bridgehead atoms. The fourth-order valence-electron chi connectivity index (χ4n) is 2.71. The lowest BCUT2D eigenvalue weighted by Crippen LogP contribution is -2.18. The Hall–Kier alpha value is -3.32. The molecular weight excluding hydrogens is 340 g/mol. The van der Waals surface area contributed by atoms with Gasteiger partial charge in [0, 0.05) is 17.2 Å². The Bertz CT molecular complexity index is 1020. The lowest BCUT2D eigenvalue weighted by Gasteiger charge is -2.16. The number of nitrogens with zero attached hydrogens (tertiary/aromatic N) is 4. The lowest BCUT2D eigenvalue weighted by atomic mass is 10.0. The van der Waals surface area contributed by atoms with Gasteiger partial charge in [0.2, 0.25) is 0 Å². The molecule has 0 aliphatic rings. The molecule has 0 saturated heterocycles. The molecule has 0 spiro atoms. The third-order valence-electron chi connectivity index (χ3n) is 4.05. The van der Waals surface area contributed by atoms with Gasteiger partial charge in [-0.15, -0.1) is 0 Å². The van der Waals surface area contributed by atoms with E-state index in [4.69, 9.17) is 11.6 Å². The number of anilines is 1. The van der Waals surface area contributed by atoms with Crippen molar-refractivity contribution in [3.8, 4) is 0 Å². The van der Waals surface area contributed by atoms with Crippen LogP contribution in [0.5, 0.6) is 0 Å². The summed E-state index contributed by atoms with van der Waals surface area (Å²) in [5.41, 5.74) is 8.27. The van der Waals surface area contributed by atoms with Crippen LogP contribution in [-0.2, 0) is 12.1 Å². The molecule has 138 valence electrons. The molecule has 0 amide bonds. The number of aliphatic imine (C=N–C) groups is 1. The van der Waals surface area contributed by atoms with Crippen LogP contribution in [0.25, 0.3) is 10.9 Å². The molecule has 3 rings (SSSR count). The van der Waals surface area contributed by atoms with Crippen molar-refractivity contribution < 1.29 is 5.11 Å². The Kier molecular flexibility index (Phi) is 5.14. The summed E-state index contributed by atoms with van der Waals surface area (Å²) in [4.78, 5) is 13.2. The van der Waals surface area contributed by atoms with Crippen LogP contribution >= 0.6 is 0 Å². The van der Waals surface area contributed by atoms with E-state index in [-0.39, 0.29) is 0 Å². The topological polar surface area (TPSA) is 123 Å². The van der Waals surface area contributed by atoms with E-state index in [9.17, 15) is 5.11 Å². The van der Waals surface area contributed by atoms with Crippen LogP contribution in [0, 0.1) is 0 Å². The maximum atomic E-state index is 10.1. The zero-order valence-corrected chi connectivity index (χ0v) is 15.3. The summed E-state index contributed by atoms with van der Waals surface area (Å²) in [6.45, 7) is 3.72. The summed E-state index contributed by atoms with van der Waals surface area (Å²) < 4.78 is 0. The van der Waals surface area contributed by atoms with Crippen LogP contribution in [0.3, 0.4) is 0 Å². The number of pyridine rings is 2. The first-order chi connectivity index (χ1) is 12.9. The maximum absolute atomic E-state index is 10.1. The van der Waals surface area contributed by atoms with Gasteiger partial charge in [-0.2, -0.15) is 5.10 Å². The molecule has 5 N–H and O–H groups in total. The van der Waals surface area contributed by atoms with E-state index in [1.807, 2.05) is 36.4 Å². The third kappa shape index (κ3) is 4.27. The maximum Gasteiger partial charge on any atom is 0.124 e. The second kappa shape index (κ2) is 7.51. The van der Waals surface area contributed by atoms with Crippen molar-refractivity contribution in [2.75, 3.05) is 5.73 Å². The lowest BCUT2D eigenvalue weighted by molar-refractivity contribution is 0.0736. The molecule has 2 heterocycles. The number of hydrazone groups is 1. The molecule has 0 saturated carbocycles. The van der Waals surface area contributed by atoms with Crippen molar-refractivity contribution >= 4 is 28.6 Å². The highest BCUT2D eigenvalue weighted by atomic mass is 16.3. The second-order valence-corrected chi connectivity index (χ2v) is 6.67. The number of nitrogen functional groups attached to an aromatic ring is 1. The normalized spacial score (nSPS) is 12.8. The number of aromatic nitrogens is 2. The quantitative estimate of drug-likeness (QED) is 0.365. The second-order valence-electron chi connectivity index (χ2n) is 6.67. The Balaban J connectivity index is 1.87. The minimum Gasteiger partial charge on any atom is -0.384 e. The van der Waals surface area contributed by atoms with Crippen molar-refractivity contribution in [3.63, 3.8) is 0 Å². The molecule has 0 aliphatic heterocycles. The van der Waals surface area contributed by atoms with Crippen LogP contribution in [0.2, 0.25) is 0 Å². The van der Waals surface area contributed by atoms with E-state index >= 15 is 0 Å². The molecule has 0 atom stereocenters. The number of fused-ring (bicyclic) bond motifs is 1. The minimum absolute atomic E-state index is 0.335. The van der Waals surface area contributed by atoms with Gasteiger partial charge in [0.15, 0.2) is 0 Å². The van der Waals surface area contributed by atoms with Gasteiger partial charge in [-0.05, 0) is 38.1 Å².